The summed E-state index contributed by atoms with van der Waals surface area (Å²) in [6.45, 7) is 1.88. The Hall–Kier alpha value is -2.42. The predicted octanol–water partition coefficient (Wildman–Crippen LogP) is 1.54. The van der Waals surface area contributed by atoms with Crippen LogP contribution in [0.15, 0.2) is 24.3 Å². The van der Waals surface area contributed by atoms with Gasteiger partial charge in [-0.1, -0.05) is 12.1 Å². The molecule has 0 aliphatic heterocycles. The first-order valence-corrected chi connectivity index (χ1v) is 5.68. The Bertz CT molecular complexity index is 494. The van der Waals surface area contributed by atoms with Crippen molar-refractivity contribution in [2.45, 2.75) is 6.92 Å². The number of benzene rings is 1. The number of hydrogen-bond acceptors (Lipinski definition) is 5. The van der Waals surface area contributed by atoms with Crippen LogP contribution in [0.3, 0.4) is 0 Å². The SMILES string of the molecule is CCOC(=O)NNC(=S)Nc1ccccc1[N+](=O)[O-]. The van der Waals surface area contributed by atoms with E-state index in [4.69, 9.17) is 12.2 Å². The van der Waals surface area contributed by atoms with E-state index in [1.165, 1.54) is 18.2 Å². The first-order chi connectivity index (χ1) is 9.04. The number of nitrogens with zero attached hydrogens (tertiary/aromatic N) is 1. The number of hydrogen-bond donors (Lipinski definition) is 3. The molecule has 0 aromatic heterocycles. The van der Waals surface area contributed by atoms with Gasteiger partial charge in [0.05, 0.1) is 11.5 Å². The van der Waals surface area contributed by atoms with E-state index in [9.17, 15) is 14.9 Å². The minimum absolute atomic E-state index is 0.00218. The van der Waals surface area contributed by atoms with E-state index in [1.807, 2.05) is 0 Å². The van der Waals surface area contributed by atoms with Gasteiger partial charge in [-0.05, 0) is 25.2 Å². The third-order valence-corrected chi connectivity index (χ3v) is 2.11. The van der Waals surface area contributed by atoms with Gasteiger partial charge in [-0.2, -0.15) is 0 Å². The standard InChI is InChI=1S/C10H12N4O4S/c1-2-18-10(15)13-12-9(19)11-7-5-3-4-6-8(7)14(16)17/h3-6H,2H2,1H3,(H,13,15)(H2,11,12,19). The number of amides is 1. The number of para-hydroxylation sites is 2. The molecule has 0 heterocycles. The monoisotopic (exact) mass is 284 g/mol. The second kappa shape index (κ2) is 7.11. The van der Waals surface area contributed by atoms with Crippen LogP contribution < -0.4 is 16.2 Å². The van der Waals surface area contributed by atoms with Crippen LogP contribution in [0.1, 0.15) is 6.92 Å². The van der Waals surface area contributed by atoms with E-state index in [0.29, 0.717) is 0 Å². The molecule has 0 atom stereocenters. The smallest absolute Gasteiger partial charge is 0.425 e. The van der Waals surface area contributed by atoms with Gasteiger partial charge in [0, 0.05) is 6.07 Å². The molecule has 0 aliphatic carbocycles. The topological polar surface area (TPSA) is 106 Å². The van der Waals surface area contributed by atoms with Crippen LogP contribution in [0.4, 0.5) is 16.2 Å². The second-order valence-electron chi connectivity index (χ2n) is 3.20. The lowest BCUT2D eigenvalue weighted by molar-refractivity contribution is -0.383. The molecule has 0 radical (unpaired) electrons. The van der Waals surface area contributed by atoms with Crippen molar-refractivity contribution >= 4 is 34.8 Å². The molecule has 0 fully saturated rings. The number of carbonyl (C=O) groups excluding carboxylic acids is 1. The average molecular weight is 284 g/mol. The summed E-state index contributed by atoms with van der Waals surface area (Å²) in [6.07, 6.45) is -0.700. The number of rotatable bonds is 3. The largest absolute Gasteiger partial charge is 0.449 e. The minimum Gasteiger partial charge on any atom is -0.449 e. The van der Waals surface area contributed by atoms with E-state index in [2.05, 4.69) is 20.9 Å². The van der Waals surface area contributed by atoms with Crippen molar-refractivity contribution in [2.75, 3.05) is 11.9 Å². The molecule has 9 heteroatoms. The Kier molecular flexibility index (Phi) is 5.48. The molecule has 0 unspecified atom stereocenters. The van der Waals surface area contributed by atoms with Gasteiger partial charge in [-0.3, -0.25) is 15.5 Å². The molecule has 0 saturated carbocycles. The normalized spacial score (nSPS) is 9.32. The Morgan fingerprint density at radius 1 is 1.42 bits per heavy atom. The molecule has 0 aliphatic rings. The van der Waals surface area contributed by atoms with Crippen LogP contribution in [0, 0.1) is 10.1 Å². The summed E-state index contributed by atoms with van der Waals surface area (Å²) in [4.78, 5) is 21.2. The molecule has 1 aromatic rings. The van der Waals surface area contributed by atoms with Crippen LogP contribution in [-0.2, 0) is 4.74 Å². The van der Waals surface area contributed by atoms with Crippen LogP contribution >= 0.6 is 12.2 Å². The zero-order valence-corrected chi connectivity index (χ0v) is 10.8. The van der Waals surface area contributed by atoms with E-state index in [0.717, 1.165) is 0 Å². The Balaban J connectivity index is 2.58. The molecule has 0 spiro atoms. The summed E-state index contributed by atoms with van der Waals surface area (Å²) in [6, 6.07) is 5.99. The molecule has 1 aromatic carbocycles. The molecule has 1 rings (SSSR count). The highest BCUT2D eigenvalue weighted by atomic mass is 32.1. The molecule has 0 saturated heterocycles. The molecule has 0 bridgehead atoms. The van der Waals surface area contributed by atoms with E-state index < -0.39 is 11.0 Å². The second-order valence-corrected chi connectivity index (χ2v) is 3.61. The molecular weight excluding hydrogens is 272 g/mol. The minimum atomic E-state index is -0.700. The average Bonchev–Trinajstić information content (AvgIpc) is 2.37. The van der Waals surface area contributed by atoms with Gasteiger partial charge >= 0.3 is 6.09 Å². The van der Waals surface area contributed by atoms with Gasteiger partial charge in [-0.25, -0.2) is 10.2 Å². The molecule has 1 amide bonds. The fraction of sp³-hybridized carbons (Fsp3) is 0.200. The number of thiocarbonyl (C=S) groups is 1. The Morgan fingerprint density at radius 2 is 2.11 bits per heavy atom. The van der Waals surface area contributed by atoms with Crippen molar-refractivity contribution in [3.05, 3.63) is 34.4 Å². The number of nitrogens with one attached hydrogen (secondary N) is 3. The lowest BCUT2D eigenvalue weighted by Gasteiger charge is -2.11. The number of nitro groups is 1. The van der Waals surface area contributed by atoms with Gasteiger partial charge < -0.3 is 10.1 Å². The van der Waals surface area contributed by atoms with E-state index in [-0.39, 0.29) is 23.1 Å². The van der Waals surface area contributed by atoms with Crippen molar-refractivity contribution in [2.24, 2.45) is 0 Å². The van der Waals surface area contributed by atoms with Crippen molar-refractivity contribution in [3.63, 3.8) is 0 Å². The maximum absolute atomic E-state index is 11.0. The third-order valence-electron chi connectivity index (χ3n) is 1.90. The van der Waals surface area contributed by atoms with Crippen molar-refractivity contribution in [3.8, 4) is 0 Å². The van der Waals surface area contributed by atoms with Crippen molar-refractivity contribution in [1.29, 1.82) is 0 Å². The third kappa shape index (κ3) is 4.76. The fourth-order valence-electron chi connectivity index (χ4n) is 1.17. The fourth-order valence-corrected chi connectivity index (χ4v) is 1.33. The van der Waals surface area contributed by atoms with Crippen LogP contribution in [0.2, 0.25) is 0 Å². The highest BCUT2D eigenvalue weighted by molar-refractivity contribution is 7.80. The molecule has 19 heavy (non-hydrogen) atoms. The van der Waals surface area contributed by atoms with Crippen molar-refractivity contribution < 1.29 is 14.5 Å². The summed E-state index contributed by atoms with van der Waals surface area (Å²) in [5.74, 6) is 0. The van der Waals surface area contributed by atoms with Crippen LogP contribution in [-0.4, -0.2) is 22.7 Å². The summed E-state index contributed by atoms with van der Waals surface area (Å²) >= 11 is 4.87. The van der Waals surface area contributed by atoms with Gasteiger partial charge in [-0.15, -0.1) is 0 Å². The maximum Gasteiger partial charge on any atom is 0.425 e. The number of carbonyl (C=O) groups is 1. The van der Waals surface area contributed by atoms with Crippen LogP contribution in [0.25, 0.3) is 0 Å². The summed E-state index contributed by atoms with van der Waals surface area (Å²) in [7, 11) is 0. The molecule has 102 valence electrons. The maximum atomic E-state index is 11.0. The van der Waals surface area contributed by atoms with E-state index in [1.54, 1.807) is 13.0 Å². The number of ether oxygens (including phenoxy) is 1. The number of anilines is 1. The zero-order valence-electron chi connectivity index (χ0n) is 10.0. The first kappa shape index (κ1) is 14.6. The zero-order chi connectivity index (χ0) is 14.3. The lowest BCUT2D eigenvalue weighted by Crippen LogP contribution is -2.44. The number of hydrazine groups is 1. The van der Waals surface area contributed by atoms with Gasteiger partial charge in [0.15, 0.2) is 5.11 Å². The van der Waals surface area contributed by atoms with E-state index >= 15 is 0 Å². The van der Waals surface area contributed by atoms with Gasteiger partial charge in [0.25, 0.3) is 5.69 Å². The quantitative estimate of drug-likeness (QED) is 0.439. The Labute approximate surface area is 114 Å². The van der Waals surface area contributed by atoms with Gasteiger partial charge in [0.2, 0.25) is 0 Å². The van der Waals surface area contributed by atoms with Gasteiger partial charge in [0.1, 0.15) is 5.69 Å². The van der Waals surface area contributed by atoms with Crippen molar-refractivity contribution in [1.82, 2.24) is 10.9 Å². The molecular formula is C10H12N4O4S. The molecule has 8 nitrogen and oxygen atoms in total. The first-order valence-electron chi connectivity index (χ1n) is 5.27. The summed E-state index contributed by atoms with van der Waals surface area (Å²) in [5.41, 5.74) is 4.62. The highest BCUT2D eigenvalue weighted by Gasteiger charge is 2.13. The highest BCUT2D eigenvalue weighted by Crippen LogP contribution is 2.22. The summed E-state index contributed by atoms with van der Waals surface area (Å²) < 4.78 is 4.60. The Morgan fingerprint density at radius 3 is 2.74 bits per heavy atom. The molecule has 3 N–H and O–H groups in total. The predicted molar refractivity (Wildman–Crippen MR) is 72.6 cm³/mol. The van der Waals surface area contributed by atoms with Crippen LogP contribution in [0.5, 0.6) is 0 Å². The lowest BCUT2D eigenvalue weighted by atomic mass is 10.3. The number of nitro benzene ring substituents is 1. The summed E-state index contributed by atoms with van der Waals surface area (Å²) in [5, 5.41) is 13.4.